The molecule has 0 aromatic rings. The molecule has 0 bridgehead atoms. The summed E-state index contributed by atoms with van der Waals surface area (Å²) in [5.41, 5.74) is 0. The summed E-state index contributed by atoms with van der Waals surface area (Å²) in [6, 6.07) is -0.199. The van der Waals surface area contributed by atoms with Crippen LogP contribution in [0.1, 0.15) is 12.8 Å². The molecule has 3 nitrogen and oxygen atoms in total. The van der Waals surface area contributed by atoms with Gasteiger partial charge in [-0.25, -0.2) is 0 Å². The quantitative estimate of drug-likeness (QED) is 0.620. The number of hydrogen-bond donors (Lipinski definition) is 1. The molecule has 0 unspecified atom stereocenters. The fraction of sp³-hybridized carbons (Fsp3) is 0.714. The van der Waals surface area contributed by atoms with Crippen LogP contribution in [-0.2, 0) is 9.59 Å². The van der Waals surface area contributed by atoms with Gasteiger partial charge in [-0.1, -0.05) is 0 Å². The van der Waals surface area contributed by atoms with Crippen LogP contribution in [0.3, 0.4) is 0 Å². The summed E-state index contributed by atoms with van der Waals surface area (Å²) in [6.45, 7) is 0. The first-order valence-corrected chi connectivity index (χ1v) is 4.94. The van der Waals surface area contributed by atoms with Crippen molar-refractivity contribution in [2.75, 3.05) is 12.0 Å². The third-order valence-corrected chi connectivity index (χ3v) is 2.31. The molecule has 1 saturated heterocycles. The van der Waals surface area contributed by atoms with E-state index >= 15 is 0 Å². The van der Waals surface area contributed by atoms with E-state index in [1.165, 1.54) is 0 Å². The molecule has 1 aliphatic heterocycles. The zero-order valence-electron chi connectivity index (χ0n) is 6.42. The molecule has 1 heterocycles. The summed E-state index contributed by atoms with van der Waals surface area (Å²) in [5.74, 6) is 0.849. The van der Waals surface area contributed by atoms with Crippen LogP contribution in [0.4, 0.5) is 0 Å². The molecule has 0 aliphatic carbocycles. The molecule has 4 heteroatoms. The average Bonchev–Trinajstić information content (AvgIpc) is 2.26. The molecule has 1 N–H and O–H groups in total. The van der Waals surface area contributed by atoms with Crippen molar-refractivity contribution in [3.8, 4) is 0 Å². The highest BCUT2D eigenvalue weighted by Crippen LogP contribution is 2.08. The number of nitrogens with one attached hydrogen (secondary N) is 1. The number of carbonyl (C=O) groups excluding carboxylic acids is 2. The molecular weight excluding hydrogens is 162 g/mol. The van der Waals surface area contributed by atoms with Gasteiger partial charge in [0.25, 0.3) is 0 Å². The SMILES string of the molecule is CSCC[C@@H]1NC(=O)CC1=O. The Morgan fingerprint density at radius 1 is 1.64 bits per heavy atom. The van der Waals surface area contributed by atoms with Gasteiger partial charge >= 0.3 is 0 Å². The zero-order valence-corrected chi connectivity index (χ0v) is 7.24. The lowest BCUT2D eigenvalue weighted by Crippen LogP contribution is -2.29. The highest BCUT2D eigenvalue weighted by molar-refractivity contribution is 7.98. The lowest BCUT2D eigenvalue weighted by atomic mass is 10.1. The second-order valence-electron chi connectivity index (χ2n) is 2.54. The normalized spacial score (nSPS) is 23.9. The third-order valence-electron chi connectivity index (χ3n) is 1.67. The molecule has 0 aromatic carbocycles. The van der Waals surface area contributed by atoms with Gasteiger partial charge in [0.15, 0.2) is 5.78 Å². The monoisotopic (exact) mass is 173 g/mol. The first-order valence-electron chi connectivity index (χ1n) is 3.55. The number of amides is 1. The summed E-state index contributed by atoms with van der Waals surface area (Å²) in [7, 11) is 0. The molecule has 0 aromatic heterocycles. The molecule has 1 aliphatic rings. The van der Waals surface area contributed by atoms with E-state index in [0.717, 1.165) is 12.2 Å². The van der Waals surface area contributed by atoms with E-state index in [0.29, 0.717) is 0 Å². The minimum absolute atomic E-state index is 0.0454. The standard InChI is InChI=1S/C7H11NO2S/c1-11-3-2-5-6(9)4-7(10)8-5/h5H,2-4H2,1H3,(H,8,10)/t5-/m0/s1. The van der Waals surface area contributed by atoms with Crippen molar-refractivity contribution in [2.45, 2.75) is 18.9 Å². The van der Waals surface area contributed by atoms with Gasteiger partial charge in [0.2, 0.25) is 5.91 Å². The van der Waals surface area contributed by atoms with E-state index in [1.807, 2.05) is 6.26 Å². The number of thioether (sulfide) groups is 1. The van der Waals surface area contributed by atoms with E-state index in [2.05, 4.69) is 5.32 Å². The van der Waals surface area contributed by atoms with Gasteiger partial charge < -0.3 is 5.32 Å². The molecule has 0 saturated carbocycles. The van der Waals surface area contributed by atoms with Gasteiger partial charge in [-0.2, -0.15) is 11.8 Å². The summed E-state index contributed by atoms with van der Waals surface area (Å²) in [5, 5.41) is 2.64. The number of rotatable bonds is 3. The van der Waals surface area contributed by atoms with E-state index < -0.39 is 0 Å². The predicted molar refractivity (Wildman–Crippen MR) is 44.6 cm³/mol. The summed E-state index contributed by atoms with van der Waals surface area (Å²) in [6.07, 6.45) is 2.84. The maximum Gasteiger partial charge on any atom is 0.228 e. The van der Waals surface area contributed by atoms with E-state index in [-0.39, 0.29) is 24.2 Å². The van der Waals surface area contributed by atoms with E-state index in [9.17, 15) is 9.59 Å². The smallest absolute Gasteiger partial charge is 0.228 e. The lowest BCUT2D eigenvalue weighted by molar-refractivity contribution is -0.122. The Morgan fingerprint density at radius 3 is 2.82 bits per heavy atom. The maximum absolute atomic E-state index is 11.0. The van der Waals surface area contributed by atoms with Crippen LogP contribution in [0.25, 0.3) is 0 Å². The minimum atomic E-state index is -0.199. The molecule has 0 radical (unpaired) electrons. The molecular formula is C7H11NO2S. The van der Waals surface area contributed by atoms with Crippen molar-refractivity contribution in [3.63, 3.8) is 0 Å². The van der Waals surface area contributed by atoms with Gasteiger partial charge in [0.1, 0.15) is 0 Å². The Balaban J connectivity index is 2.34. The minimum Gasteiger partial charge on any atom is -0.346 e. The van der Waals surface area contributed by atoms with Crippen molar-refractivity contribution >= 4 is 23.5 Å². The van der Waals surface area contributed by atoms with Crippen LogP contribution in [-0.4, -0.2) is 29.7 Å². The second-order valence-corrected chi connectivity index (χ2v) is 3.53. The Bertz CT molecular complexity index is 181. The fourth-order valence-corrected chi connectivity index (χ4v) is 1.55. The number of ketones is 1. The van der Waals surface area contributed by atoms with Crippen LogP contribution in [0.2, 0.25) is 0 Å². The summed E-state index contributed by atoms with van der Waals surface area (Å²) in [4.78, 5) is 21.7. The highest BCUT2D eigenvalue weighted by atomic mass is 32.2. The van der Waals surface area contributed by atoms with Crippen LogP contribution in [0.15, 0.2) is 0 Å². The Labute approximate surface area is 69.9 Å². The lowest BCUT2D eigenvalue weighted by Gasteiger charge is -2.05. The molecule has 62 valence electrons. The van der Waals surface area contributed by atoms with Crippen molar-refractivity contribution < 1.29 is 9.59 Å². The molecule has 1 atom stereocenters. The van der Waals surface area contributed by atoms with E-state index in [4.69, 9.17) is 0 Å². The number of hydrogen-bond acceptors (Lipinski definition) is 3. The Morgan fingerprint density at radius 2 is 2.36 bits per heavy atom. The first kappa shape index (κ1) is 8.59. The van der Waals surface area contributed by atoms with Crippen LogP contribution in [0.5, 0.6) is 0 Å². The molecule has 1 amide bonds. The van der Waals surface area contributed by atoms with Gasteiger partial charge in [-0.3, -0.25) is 9.59 Å². The number of carbonyl (C=O) groups is 2. The second kappa shape index (κ2) is 3.76. The summed E-state index contributed by atoms with van der Waals surface area (Å²) < 4.78 is 0. The average molecular weight is 173 g/mol. The van der Waals surface area contributed by atoms with E-state index in [1.54, 1.807) is 11.8 Å². The predicted octanol–water partition coefficient (Wildman–Crippen LogP) is 0.197. The third kappa shape index (κ3) is 2.22. The van der Waals surface area contributed by atoms with Gasteiger partial charge in [0.05, 0.1) is 12.5 Å². The van der Waals surface area contributed by atoms with Crippen LogP contribution < -0.4 is 5.32 Å². The molecule has 1 rings (SSSR count). The molecule has 1 fully saturated rings. The maximum atomic E-state index is 11.0. The van der Waals surface area contributed by atoms with Crippen molar-refractivity contribution in [3.05, 3.63) is 0 Å². The van der Waals surface area contributed by atoms with Gasteiger partial charge in [-0.15, -0.1) is 0 Å². The van der Waals surface area contributed by atoms with Gasteiger partial charge in [0, 0.05) is 0 Å². The molecule has 11 heavy (non-hydrogen) atoms. The van der Waals surface area contributed by atoms with Gasteiger partial charge in [-0.05, 0) is 18.4 Å². The molecule has 0 spiro atoms. The van der Waals surface area contributed by atoms with Crippen molar-refractivity contribution in [1.29, 1.82) is 0 Å². The van der Waals surface area contributed by atoms with Crippen molar-refractivity contribution in [2.24, 2.45) is 0 Å². The highest BCUT2D eigenvalue weighted by Gasteiger charge is 2.28. The number of Topliss-reactive ketones (excluding diaryl/α,β-unsaturated/α-hetero) is 1. The Hall–Kier alpha value is -0.510. The Kier molecular flexibility index (Phi) is 2.93. The van der Waals surface area contributed by atoms with Crippen molar-refractivity contribution in [1.82, 2.24) is 5.32 Å². The first-order chi connectivity index (χ1) is 5.24. The zero-order chi connectivity index (χ0) is 8.27. The summed E-state index contributed by atoms with van der Waals surface area (Å²) >= 11 is 1.69. The topological polar surface area (TPSA) is 46.2 Å². The van der Waals surface area contributed by atoms with Crippen LogP contribution >= 0.6 is 11.8 Å². The van der Waals surface area contributed by atoms with Crippen LogP contribution in [0, 0.1) is 0 Å². The largest absolute Gasteiger partial charge is 0.346 e. The fourth-order valence-electron chi connectivity index (χ4n) is 1.08.